The molecule has 0 fully saturated rings. The van der Waals surface area contributed by atoms with E-state index < -0.39 is 0 Å². The van der Waals surface area contributed by atoms with Crippen molar-refractivity contribution in [2.24, 2.45) is 0 Å². The van der Waals surface area contributed by atoms with E-state index in [1.165, 1.54) is 42.4 Å². The SMILES string of the molecule is CCCCCC/C(=C(/CC)c1ccc(O)cc1)c1ccc(O)cc1. The van der Waals surface area contributed by atoms with E-state index in [2.05, 4.69) is 13.8 Å². The predicted octanol–water partition coefficient (Wildman–Crippen LogP) is 6.39. The molecule has 0 aliphatic carbocycles. The Labute approximate surface area is 145 Å². The van der Waals surface area contributed by atoms with Gasteiger partial charge in [-0.3, -0.25) is 0 Å². The van der Waals surface area contributed by atoms with Crippen LogP contribution in [0.25, 0.3) is 11.1 Å². The van der Waals surface area contributed by atoms with Crippen molar-refractivity contribution in [3.8, 4) is 11.5 Å². The van der Waals surface area contributed by atoms with Crippen LogP contribution in [0.3, 0.4) is 0 Å². The lowest BCUT2D eigenvalue weighted by molar-refractivity contribution is 0.474. The summed E-state index contributed by atoms with van der Waals surface area (Å²) in [4.78, 5) is 0. The van der Waals surface area contributed by atoms with Crippen LogP contribution in [-0.2, 0) is 0 Å². The van der Waals surface area contributed by atoms with Crippen molar-refractivity contribution in [3.63, 3.8) is 0 Å². The topological polar surface area (TPSA) is 40.5 Å². The van der Waals surface area contributed by atoms with Crippen molar-refractivity contribution < 1.29 is 10.2 Å². The summed E-state index contributed by atoms with van der Waals surface area (Å²) in [5.41, 5.74) is 5.00. The highest BCUT2D eigenvalue weighted by molar-refractivity contribution is 5.90. The molecule has 2 aromatic carbocycles. The number of phenols is 2. The van der Waals surface area contributed by atoms with E-state index in [1.807, 2.05) is 24.3 Å². The molecule has 0 aliphatic heterocycles. The van der Waals surface area contributed by atoms with Gasteiger partial charge in [-0.2, -0.15) is 0 Å². The quantitative estimate of drug-likeness (QED) is 0.436. The molecule has 2 rings (SSSR count). The molecule has 24 heavy (non-hydrogen) atoms. The van der Waals surface area contributed by atoms with Gasteiger partial charge in [-0.05, 0) is 65.8 Å². The molecule has 2 nitrogen and oxygen atoms in total. The van der Waals surface area contributed by atoms with Crippen molar-refractivity contribution in [1.29, 1.82) is 0 Å². The van der Waals surface area contributed by atoms with Crippen LogP contribution in [-0.4, -0.2) is 10.2 Å². The standard InChI is InChI=1S/C22H28O2/c1-3-5-6-7-8-22(18-11-15-20(24)16-12-18)21(4-2)17-9-13-19(23)14-10-17/h9-16,23-24H,3-8H2,1-2H3/b22-21+. The van der Waals surface area contributed by atoms with Crippen molar-refractivity contribution in [3.05, 3.63) is 59.7 Å². The summed E-state index contributed by atoms with van der Waals surface area (Å²) in [6.07, 6.45) is 6.89. The normalized spacial score (nSPS) is 12.1. The minimum Gasteiger partial charge on any atom is -0.508 e. The molecule has 0 radical (unpaired) electrons. The largest absolute Gasteiger partial charge is 0.508 e. The number of aromatic hydroxyl groups is 2. The molecule has 128 valence electrons. The van der Waals surface area contributed by atoms with Crippen LogP contribution < -0.4 is 0 Å². The smallest absolute Gasteiger partial charge is 0.115 e. The van der Waals surface area contributed by atoms with E-state index >= 15 is 0 Å². The maximum Gasteiger partial charge on any atom is 0.115 e. The number of unbranched alkanes of at least 4 members (excludes halogenated alkanes) is 3. The van der Waals surface area contributed by atoms with Gasteiger partial charge in [-0.25, -0.2) is 0 Å². The van der Waals surface area contributed by atoms with Crippen LogP contribution >= 0.6 is 0 Å². The number of benzene rings is 2. The lowest BCUT2D eigenvalue weighted by Gasteiger charge is -2.16. The summed E-state index contributed by atoms with van der Waals surface area (Å²) in [6, 6.07) is 15.0. The maximum absolute atomic E-state index is 9.58. The van der Waals surface area contributed by atoms with Crippen LogP contribution in [0.15, 0.2) is 48.5 Å². The number of hydrogen-bond donors (Lipinski definition) is 2. The fraction of sp³-hybridized carbons (Fsp3) is 0.364. The zero-order chi connectivity index (χ0) is 17.4. The Hall–Kier alpha value is -2.22. The number of rotatable bonds is 8. The Morgan fingerprint density at radius 2 is 1.17 bits per heavy atom. The first kappa shape index (κ1) is 18.1. The Bertz CT molecular complexity index is 651. The fourth-order valence-corrected chi connectivity index (χ4v) is 3.11. The van der Waals surface area contributed by atoms with Gasteiger partial charge in [-0.1, -0.05) is 57.4 Å². The van der Waals surface area contributed by atoms with E-state index in [1.54, 1.807) is 24.3 Å². The third-order valence-corrected chi connectivity index (χ3v) is 4.43. The first-order valence-electron chi connectivity index (χ1n) is 8.96. The second-order valence-corrected chi connectivity index (χ2v) is 6.22. The molecule has 0 amide bonds. The van der Waals surface area contributed by atoms with Crippen molar-refractivity contribution >= 4 is 11.1 Å². The van der Waals surface area contributed by atoms with Crippen molar-refractivity contribution in [1.82, 2.24) is 0 Å². The van der Waals surface area contributed by atoms with Gasteiger partial charge in [0.1, 0.15) is 11.5 Å². The average Bonchev–Trinajstić information content (AvgIpc) is 2.60. The highest BCUT2D eigenvalue weighted by atomic mass is 16.3. The number of hydrogen-bond acceptors (Lipinski definition) is 2. The van der Waals surface area contributed by atoms with Gasteiger partial charge in [0.05, 0.1) is 0 Å². The molecule has 0 saturated carbocycles. The van der Waals surface area contributed by atoms with E-state index in [0.29, 0.717) is 11.5 Å². The Morgan fingerprint density at radius 1 is 0.667 bits per heavy atom. The maximum atomic E-state index is 9.58. The van der Waals surface area contributed by atoms with Crippen molar-refractivity contribution in [2.45, 2.75) is 52.4 Å². The molecule has 0 heterocycles. The van der Waals surface area contributed by atoms with Gasteiger partial charge in [0.15, 0.2) is 0 Å². The van der Waals surface area contributed by atoms with Crippen LogP contribution in [0.5, 0.6) is 11.5 Å². The van der Waals surface area contributed by atoms with Gasteiger partial charge in [0.25, 0.3) is 0 Å². The molecule has 0 aromatic heterocycles. The van der Waals surface area contributed by atoms with Gasteiger partial charge >= 0.3 is 0 Å². The lowest BCUT2D eigenvalue weighted by Crippen LogP contribution is -1.93. The van der Waals surface area contributed by atoms with E-state index in [0.717, 1.165) is 18.4 Å². The molecular weight excluding hydrogens is 296 g/mol. The first-order valence-corrected chi connectivity index (χ1v) is 8.96. The molecule has 0 spiro atoms. The fourth-order valence-electron chi connectivity index (χ4n) is 3.11. The van der Waals surface area contributed by atoms with Gasteiger partial charge in [-0.15, -0.1) is 0 Å². The van der Waals surface area contributed by atoms with Gasteiger partial charge in [0.2, 0.25) is 0 Å². The molecule has 0 unspecified atom stereocenters. The summed E-state index contributed by atoms with van der Waals surface area (Å²) in [6.45, 7) is 4.40. The summed E-state index contributed by atoms with van der Waals surface area (Å²) in [5.74, 6) is 0.593. The van der Waals surface area contributed by atoms with Crippen LogP contribution in [0.1, 0.15) is 63.5 Å². The molecule has 2 N–H and O–H groups in total. The summed E-state index contributed by atoms with van der Waals surface area (Å²) in [5, 5.41) is 19.1. The molecule has 2 aromatic rings. The second kappa shape index (κ2) is 9.17. The summed E-state index contributed by atoms with van der Waals surface area (Å²) in [7, 11) is 0. The summed E-state index contributed by atoms with van der Waals surface area (Å²) < 4.78 is 0. The van der Waals surface area contributed by atoms with Gasteiger partial charge < -0.3 is 10.2 Å². The summed E-state index contributed by atoms with van der Waals surface area (Å²) >= 11 is 0. The van der Waals surface area contributed by atoms with Gasteiger partial charge in [0, 0.05) is 0 Å². The zero-order valence-electron chi connectivity index (χ0n) is 14.8. The molecule has 0 aliphatic rings. The highest BCUT2D eigenvalue weighted by Gasteiger charge is 2.11. The zero-order valence-corrected chi connectivity index (χ0v) is 14.8. The van der Waals surface area contributed by atoms with Crippen LogP contribution in [0, 0.1) is 0 Å². The lowest BCUT2D eigenvalue weighted by atomic mass is 9.89. The second-order valence-electron chi connectivity index (χ2n) is 6.22. The average molecular weight is 324 g/mol. The third-order valence-electron chi connectivity index (χ3n) is 4.43. The molecule has 0 bridgehead atoms. The number of phenolic OH excluding ortho intramolecular Hbond substituents is 2. The minimum absolute atomic E-state index is 0.295. The first-order chi connectivity index (χ1) is 11.7. The van der Waals surface area contributed by atoms with Crippen molar-refractivity contribution in [2.75, 3.05) is 0 Å². The van der Waals surface area contributed by atoms with Crippen LogP contribution in [0.4, 0.5) is 0 Å². The van der Waals surface area contributed by atoms with E-state index in [9.17, 15) is 10.2 Å². The molecule has 0 saturated heterocycles. The highest BCUT2D eigenvalue weighted by Crippen LogP contribution is 2.34. The Balaban J connectivity index is 2.39. The minimum atomic E-state index is 0.295. The molecule has 2 heteroatoms. The molecular formula is C22H28O2. The van der Waals surface area contributed by atoms with E-state index in [4.69, 9.17) is 0 Å². The molecule has 0 atom stereocenters. The number of allylic oxidation sites excluding steroid dienone is 2. The van der Waals surface area contributed by atoms with E-state index in [-0.39, 0.29) is 0 Å². The predicted molar refractivity (Wildman–Crippen MR) is 102 cm³/mol. The Kier molecular flexibility index (Phi) is 6.92. The monoisotopic (exact) mass is 324 g/mol. The Morgan fingerprint density at radius 3 is 1.62 bits per heavy atom. The third kappa shape index (κ3) is 4.89. The van der Waals surface area contributed by atoms with Crippen LogP contribution in [0.2, 0.25) is 0 Å².